The minimum Gasteiger partial charge on any atom is -0.384 e. The highest BCUT2D eigenvalue weighted by Crippen LogP contribution is 2.39. The summed E-state index contributed by atoms with van der Waals surface area (Å²) < 4.78 is 13.9. The molecule has 11 nitrogen and oxygen atoms in total. The van der Waals surface area contributed by atoms with E-state index < -0.39 is 5.76 Å². The topological polar surface area (TPSA) is 127 Å². The van der Waals surface area contributed by atoms with Crippen LogP contribution in [0.2, 0.25) is 0 Å². The predicted octanol–water partition coefficient (Wildman–Crippen LogP) is 5.56. The quantitative estimate of drug-likeness (QED) is 0.273. The minimum absolute atomic E-state index is 0.000934. The van der Waals surface area contributed by atoms with Crippen molar-refractivity contribution in [3.8, 4) is 11.7 Å². The number of nitrogens with zero attached hydrogens (tertiary/aromatic N) is 6. The van der Waals surface area contributed by atoms with E-state index in [1.54, 1.807) is 0 Å². The first-order valence-electron chi connectivity index (χ1n) is 16.0. The minimum atomic E-state index is -0.637. The first-order valence-corrected chi connectivity index (χ1v) is 16.0. The summed E-state index contributed by atoms with van der Waals surface area (Å²) in [6.45, 7) is 8.91. The molecule has 4 heterocycles. The van der Waals surface area contributed by atoms with E-state index in [2.05, 4.69) is 70.0 Å². The average molecular weight is 587 g/mol. The lowest BCUT2D eigenvalue weighted by Gasteiger charge is -2.41. The third-order valence-corrected chi connectivity index (χ3v) is 9.90. The van der Waals surface area contributed by atoms with E-state index in [-0.39, 0.29) is 29.9 Å². The molecule has 3 aliphatic rings. The average Bonchev–Trinajstić information content (AvgIpc) is 3.57. The van der Waals surface area contributed by atoms with Crippen LogP contribution in [0.3, 0.4) is 0 Å². The van der Waals surface area contributed by atoms with Gasteiger partial charge in [0.25, 0.3) is 5.89 Å². The van der Waals surface area contributed by atoms with Crippen molar-refractivity contribution in [1.29, 1.82) is 0 Å². The number of fused-ring (bicyclic) bond motifs is 1. The number of hydrogen-bond acceptors (Lipinski definition) is 9. The molecule has 1 aliphatic heterocycles. The van der Waals surface area contributed by atoms with E-state index in [0.717, 1.165) is 23.9 Å². The van der Waals surface area contributed by atoms with Gasteiger partial charge in [-0.25, -0.2) is 19.9 Å². The van der Waals surface area contributed by atoms with E-state index in [1.165, 1.54) is 50.5 Å². The zero-order valence-electron chi connectivity index (χ0n) is 25.3. The molecule has 4 aromatic rings. The van der Waals surface area contributed by atoms with E-state index in [0.29, 0.717) is 36.5 Å². The van der Waals surface area contributed by atoms with Gasteiger partial charge in [0.1, 0.15) is 5.52 Å². The Morgan fingerprint density at radius 2 is 1.84 bits per heavy atom. The standard InChI is InChI=1S/C32H42N8O3/c1-19-12-14-22(15-13-19)18-40-26-27(33-20(2)23-10-7-11-23)34-29(30-37-38-32(41)43-30)35-28(26)36-31(40)39-16-17-42-21(3)25(39)24-8-5-4-6-9-24/h4-6,8-9,19-23,25H,7,10-18H2,1-3H3,(H,38,41)(H,33,34,35)/t19-,20-,21+,22-,25+/m1/s1. The van der Waals surface area contributed by atoms with E-state index >= 15 is 0 Å². The number of benzene rings is 1. The summed E-state index contributed by atoms with van der Waals surface area (Å²) in [4.78, 5) is 29.3. The molecular formula is C32H42N8O3. The van der Waals surface area contributed by atoms with Crippen molar-refractivity contribution >= 4 is 22.9 Å². The maximum atomic E-state index is 11.8. The summed E-state index contributed by atoms with van der Waals surface area (Å²) in [7, 11) is 0. The van der Waals surface area contributed by atoms with Crippen molar-refractivity contribution < 1.29 is 9.15 Å². The Bertz CT molecular complexity index is 1600. The lowest BCUT2D eigenvalue weighted by Crippen LogP contribution is -2.45. The Hall–Kier alpha value is -3.73. The van der Waals surface area contributed by atoms with Crippen LogP contribution in [0.25, 0.3) is 22.9 Å². The third kappa shape index (κ3) is 5.55. The number of imidazole rings is 1. The van der Waals surface area contributed by atoms with Crippen molar-refractivity contribution in [2.45, 2.75) is 90.4 Å². The number of H-pyrrole nitrogens is 1. The second-order valence-corrected chi connectivity index (χ2v) is 12.9. The summed E-state index contributed by atoms with van der Waals surface area (Å²) >= 11 is 0. The van der Waals surface area contributed by atoms with Gasteiger partial charge in [-0.1, -0.05) is 56.5 Å². The van der Waals surface area contributed by atoms with Crippen LogP contribution in [0.1, 0.15) is 77.3 Å². The SMILES string of the molecule is C[C@@H]1OCCN(c2nc3nc(-c4n[nH]c(=O)o4)nc(N[C@H](C)C4CCC4)c3n2C[C@H]2CC[C@H](C)CC2)[C@@H]1c1ccccc1. The highest BCUT2D eigenvalue weighted by molar-refractivity contribution is 5.87. The molecule has 3 atom stereocenters. The van der Waals surface area contributed by atoms with Gasteiger partial charge in [0.2, 0.25) is 11.8 Å². The Morgan fingerprint density at radius 3 is 2.53 bits per heavy atom. The van der Waals surface area contributed by atoms with Crippen LogP contribution >= 0.6 is 0 Å². The molecule has 0 bridgehead atoms. The van der Waals surface area contributed by atoms with Gasteiger partial charge in [-0.15, -0.1) is 5.10 Å². The molecule has 0 spiro atoms. The summed E-state index contributed by atoms with van der Waals surface area (Å²) in [5.74, 6) is 3.17. The van der Waals surface area contributed by atoms with Crippen molar-refractivity contribution in [3.05, 3.63) is 46.4 Å². The molecule has 43 heavy (non-hydrogen) atoms. The van der Waals surface area contributed by atoms with Crippen LogP contribution in [0.4, 0.5) is 11.8 Å². The zero-order valence-corrected chi connectivity index (χ0v) is 25.3. The lowest BCUT2D eigenvalue weighted by molar-refractivity contribution is 0.0221. The van der Waals surface area contributed by atoms with Gasteiger partial charge in [-0.3, -0.25) is 0 Å². The normalized spacial score (nSPS) is 25.5. The lowest BCUT2D eigenvalue weighted by atomic mass is 9.80. The number of hydrogen-bond donors (Lipinski definition) is 2. The van der Waals surface area contributed by atoms with Gasteiger partial charge in [0.15, 0.2) is 11.5 Å². The van der Waals surface area contributed by atoms with Crippen LogP contribution in [-0.2, 0) is 11.3 Å². The first-order chi connectivity index (χ1) is 20.9. The molecule has 228 valence electrons. The highest BCUT2D eigenvalue weighted by Gasteiger charge is 2.36. The van der Waals surface area contributed by atoms with Gasteiger partial charge in [0, 0.05) is 19.1 Å². The number of rotatable bonds is 8. The van der Waals surface area contributed by atoms with Gasteiger partial charge >= 0.3 is 5.76 Å². The molecule has 3 fully saturated rings. The second kappa shape index (κ2) is 11.7. The van der Waals surface area contributed by atoms with E-state index in [9.17, 15) is 4.79 Å². The fraction of sp³-hybridized carbons (Fsp3) is 0.594. The molecule has 2 aliphatic carbocycles. The van der Waals surface area contributed by atoms with Gasteiger partial charge in [-0.05, 0) is 62.8 Å². The molecule has 11 heteroatoms. The molecule has 2 saturated carbocycles. The fourth-order valence-electron chi connectivity index (χ4n) is 7.13. The molecule has 7 rings (SSSR count). The van der Waals surface area contributed by atoms with Gasteiger partial charge in [-0.2, -0.15) is 4.98 Å². The first kappa shape index (κ1) is 28.1. The Labute approximate surface area is 251 Å². The summed E-state index contributed by atoms with van der Waals surface area (Å²) in [6, 6.07) is 10.8. The Morgan fingerprint density at radius 1 is 1.05 bits per heavy atom. The molecular weight excluding hydrogens is 544 g/mol. The highest BCUT2D eigenvalue weighted by atomic mass is 16.5. The van der Waals surface area contributed by atoms with Crippen LogP contribution in [0.5, 0.6) is 0 Å². The maximum absolute atomic E-state index is 11.8. The van der Waals surface area contributed by atoms with Crippen molar-refractivity contribution in [2.24, 2.45) is 17.8 Å². The number of nitrogens with one attached hydrogen (secondary N) is 2. The monoisotopic (exact) mass is 586 g/mol. The molecule has 0 radical (unpaired) electrons. The zero-order chi connectivity index (χ0) is 29.5. The summed E-state index contributed by atoms with van der Waals surface area (Å²) in [5, 5.41) is 10.1. The van der Waals surface area contributed by atoms with Crippen molar-refractivity contribution in [3.63, 3.8) is 0 Å². The second-order valence-electron chi connectivity index (χ2n) is 12.9. The smallest absolute Gasteiger partial charge is 0.384 e. The molecule has 1 aromatic carbocycles. The number of morpholine rings is 1. The van der Waals surface area contributed by atoms with Crippen molar-refractivity contribution in [2.75, 3.05) is 23.4 Å². The Balaban J connectivity index is 1.39. The number of aromatic nitrogens is 6. The summed E-state index contributed by atoms with van der Waals surface area (Å²) in [6.07, 6.45) is 8.54. The molecule has 3 aromatic heterocycles. The largest absolute Gasteiger partial charge is 0.434 e. The number of ether oxygens (including phenoxy) is 1. The predicted molar refractivity (Wildman–Crippen MR) is 165 cm³/mol. The molecule has 2 N–H and O–H groups in total. The molecule has 0 unspecified atom stereocenters. The van der Waals surface area contributed by atoms with Crippen LogP contribution < -0.4 is 16.0 Å². The maximum Gasteiger partial charge on any atom is 0.434 e. The van der Waals surface area contributed by atoms with E-state index in [1.807, 2.05) is 6.07 Å². The molecule has 0 amide bonds. The fourth-order valence-corrected chi connectivity index (χ4v) is 7.13. The van der Waals surface area contributed by atoms with Crippen molar-refractivity contribution in [1.82, 2.24) is 29.7 Å². The van der Waals surface area contributed by atoms with E-state index in [4.69, 9.17) is 24.1 Å². The Kier molecular flexibility index (Phi) is 7.67. The van der Waals surface area contributed by atoms with Gasteiger partial charge < -0.3 is 23.9 Å². The van der Waals surface area contributed by atoms with Crippen LogP contribution in [0, 0.1) is 17.8 Å². The third-order valence-electron chi connectivity index (χ3n) is 9.90. The molecule has 1 saturated heterocycles. The van der Waals surface area contributed by atoms with Gasteiger partial charge in [0.05, 0.1) is 18.8 Å². The number of aromatic amines is 1. The summed E-state index contributed by atoms with van der Waals surface area (Å²) in [5.41, 5.74) is 2.67. The van der Waals surface area contributed by atoms with Crippen LogP contribution in [-0.4, -0.2) is 55.0 Å². The van der Waals surface area contributed by atoms with Crippen LogP contribution in [0.15, 0.2) is 39.5 Å². The number of anilines is 2.